The number of hydrogen-bond acceptors (Lipinski definition) is 3. The molecule has 0 saturated carbocycles. The van der Waals surface area contributed by atoms with Gasteiger partial charge in [0.2, 0.25) is 0 Å². The van der Waals surface area contributed by atoms with Gasteiger partial charge in [-0.2, -0.15) is 13.2 Å². The van der Waals surface area contributed by atoms with Gasteiger partial charge < -0.3 is 4.74 Å². The summed E-state index contributed by atoms with van der Waals surface area (Å²) in [5, 5.41) is -0.113. The number of hydrogen-bond donors (Lipinski definition) is 0. The minimum Gasteiger partial charge on any atom is -0.497 e. The third kappa shape index (κ3) is 3.91. The van der Waals surface area contributed by atoms with E-state index in [1.54, 1.807) is 24.3 Å². The van der Waals surface area contributed by atoms with Crippen LogP contribution < -0.4 is 10.3 Å². The van der Waals surface area contributed by atoms with E-state index in [2.05, 4.69) is 4.98 Å². The summed E-state index contributed by atoms with van der Waals surface area (Å²) in [7, 11) is 1.51. The van der Waals surface area contributed by atoms with Gasteiger partial charge in [-0.15, -0.1) is 12.4 Å². The Morgan fingerprint density at radius 3 is 2.24 bits per heavy atom. The molecule has 0 amide bonds. The molecule has 0 aliphatic rings. The van der Waals surface area contributed by atoms with Gasteiger partial charge in [0.1, 0.15) is 5.75 Å². The molecular weight excluding hydrogens is 355 g/mol. The summed E-state index contributed by atoms with van der Waals surface area (Å²) < 4.78 is 44.8. The number of alkyl halides is 3. The lowest BCUT2D eigenvalue weighted by Gasteiger charge is -2.08. The summed E-state index contributed by atoms with van der Waals surface area (Å²) in [6.45, 7) is 0. The number of ether oxygens (including phenoxy) is 1. The highest BCUT2D eigenvalue weighted by Crippen LogP contribution is 2.35. The Balaban J connectivity index is 0.00000225. The van der Waals surface area contributed by atoms with E-state index in [9.17, 15) is 18.0 Å². The van der Waals surface area contributed by atoms with Crippen molar-refractivity contribution in [1.29, 1.82) is 0 Å². The monoisotopic (exact) mass is 367 g/mol. The molecule has 0 radical (unpaired) electrons. The fourth-order valence-corrected chi connectivity index (χ4v) is 2.48. The molecule has 0 bridgehead atoms. The smallest absolute Gasteiger partial charge is 0.417 e. The number of aromatic nitrogens is 1. The summed E-state index contributed by atoms with van der Waals surface area (Å²) in [5.74, 6) is 0.611. The van der Waals surface area contributed by atoms with E-state index in [1.807, 2.05) is 0 Å². The van der Waals surface area contributed by atoms with Gasteiger partial charge in [0.25, 0.3) is 5.56 Å². The Morgan fingerprint density at radius 1 is 0.960 bits per heavy atom. The van der Waals surface area contributed by atoms with Gasteiger partial charge in [0.05, 0.1) is 18.2 Å². The number of benzene rings is 2. The van der Waals surface area contributed by atoms with Crippen molar-refractivity contribution in [3.05, 3.63) is 70.5 Å². The van der Waals surface area contributed by atoms with Crippen molar-refractivity contribution in [3.8, 4) is 16.9 Å². The summed E-state index contributed by atoms with van der Waals surface area (Å²) >= 11 is 0. The molecule has 0 unspecified atom stereocenters. The molecule has 3 nitrogen and oxygen atoms in total. The molecular formula is C18H13ClF3NO2. The van der Waals surface area contributed by atoms with Crippen LogP contribution in [0.4, 0.5) is 13.2 Å². The lowest BCUT2D eigenvalue weighted by molar-refractivity contribution is -0.136. The molecule has 0 aliphatic heterocycles. The number of methoxy groups -OCH3 is 1. The zero-order chi connectivity index (χ0) is 17.3. The Hall–Kier alpha value is -2.60. The Kier molecular flexibility index (Phi) is 5.33. The van der Waals surface area contributed by atoms with Crippen molar-refractivity contribution in [2.24, 2.45) is 0 Å². The Labute approximate surface area is 147 Å². The van der Waals surface area contributed by atoms with E-state index in [0.717, 1.165) is 6.07 Å². The standard InChI is InChI=1S/C18H12F3NO2.ClH/c1-24-13-7-5-11(6-8-13)12-9-14-15(18(19,20)21)3-2-4-16(14)22-17(23)10-12;/h2-10H,1H3;1H. The highest BCUT2D eigenvalue weighted by molar-refractivity contribution is 5.86. The van der Waals surface area contributed by atoms with E-state index < -0.39 is 17.3 Å². The van der Waals surface area contributed by atoms with Crippen molar-refractivity contribution in [1.82, 2.24) is 4.98 Å². The molecule has 3 aromatic rings. The van der Waals surface area contributed by atoms with Crippen LogP contribution in [-0.4, -0.2) is 12.1 Å². The Morgan fingerprint density at radius 2 is 1.64 bits per heavy atom. The molecule has 0 N–H and O–H groups in total. The third-order valence-corrected chi connectivity index (χ3v) is 3.62. The predicted molar refractivity (Wildman–Crippen MR) is 92.3 cm³/mol. The number of rotatable bonds is 2. The van der Waals surface area contributed by atoms with Crippen LogP contribution in [-0.2, 0) is 6.18 Å². The topological polar surface area (TPSA) is 39.2 Å². The molecule has 25 heavy (non-hydrogen) atoms. The highest BCUT2D eigenvalue weighted by Gasteiger charge is 2.32. The van der Waals surface area contributed by atoms with Crippen molar-refractivity contribution in [2.75, 3.05) is 7.11 Å². The molecule has 1 heterocycles. The number of nitrogens with zero attached hydrogens (tertiary/aromatic N) is 1. The lowest BCUT2D eigenvalue weighted by atomic mass is 10.0. The zero-order valence-electron chi connectivity index (χ0n) is 13.0. The fraction of sp³-hybridized carbons (Fsp3) is 0.111. The average molecular weight is 368 g/mol. The van der Waals surface area contributed by atoms with Gasteiger partial charge in [0, 0.05) is 11.5 Å². The third-order valence-electron chi connectivity index (χ3n) is 3.62. The summed E-state index contributed by atoms with van der Waals surface area (Å²) in [6, 6.07) is 12.9. The van der Waals surface area contributed by atoms with Gasteiger partial charge in [-0.25, -0.2) is 4.98 Å². The van der Waals surface area contributed by atoms with Crippen molar-refractivity contribution < 1.29 is 17.9 Å². The quantitative estimate of drug-likeness (QED) is 0.658. The molecule has 0 atom stereocenters. The first kappa shape index (κ1) is 18.7. The minimum atomic E-state index is -4.53. The number of fused-ring (bicyclic) bond motifs is 1. The van der Waals surface area contributed by atoms with Gasteiger partial charge in [-0.3, -0.25) is 4.79 Å². The second-order valence-electron chi connectivity index (χ2n) is 5.16. The van der Waals surface area contributed by atoms with Gasteiger partial charge >= 0.3 is 6.18 Å². The van der Waals surface area contributed by atoms with E-state index >= 15 is 0 Å². The van der Waals surface area contributed by atoms with Crippen LogP contribution in [0.2, 0.25) is 0 Å². The first-order chi connectivity index (χ1) is 11.4. The van der Waals surface area contributed by atoms with E-state index in [4.69, 9.17) is 4.74 Å². The van der Waals surface area contributed by atoms with E-state index in [-0.39, 0.29) is 23.3 Å². The minimum absolute atomic E-state index is 0. The molecule has 130 valence electrons. The van der Waals surface area contributed by atoms with Gasteiger partial charge in [-0.05, 0) is 41.5 Å². The summed E-state index contributed by atoms with van der Waals surface area (Å²) in [4.78, 5) is 15.7. The van der Waals surface area contributed by atoms with Gasteiger partial charge in [-0.1, -0.05) is 18.2 Å². The van der Waals surface area contributed by atoms with Crippen molar-refractivity contribution >= 4 is 23.3 Å². The van der Waals surface area contributed by atoms with E-state index in [0.29, 0.717) is 16.9 Å². The molecule has 0 fully saturated rings. The average Bonchev–Trinajstić information content (AvgIpc) is 2.71. The normalized spacial score (nSPS) is 11.0. The maximum atomic E-state index is 13.3. The van der Waals surface area contributed by atoms with Crippen LogP contribution in [0, 0.1) is 0 Å². The van der Waals surface area contributed by atoms with Crippen LogP contribution in [0.1, 0.15) is 5.56 Å². The largest absolute Gasteiger partial charge is 0.497 e. The van der Waals surface area contributed by atoms with Crippen LogP contribution in [0.15, 0.2) is 59.4 Å². The molecule has 0 spiro atoms. The lowest BCUT2D eigenvalue weighted by Crippen LogP contribution is -2.06. The molecule has 7 heteroatoms. The maximum Gasteiger partial charge on any atom is 0.417 e. The molecule has 2 aromatic carbocycles. The van der Waals surface area contributed by atoms with Crippen molar-refractivity contribution in [2.45, 2.75) is 6.18 Å². The Bertz CT molecular complexity index is 957. The summed E-state index contributed by atoms with van der Waals surface area (Å²) in [6.07, 6.45) is -4.53. The number of halogens is 4. The summed E-state index contributed by atoms with van der Waals surface area (Å²) in [5.41, 5.74) is -0.450. The molecule has 1 aromatic heterocycles. The fourth-order valence-electron chi connectivity index (χ4n) is 2.48. The van der Waals surface area contributed by atoms with E-state index in [1.165, 1.54) is 31.4 Å². The SMILES string of the molecule is COc1ccc(-c2cc(=O)nc3cccc(C(F)(F)F)c3c2)cc1.Cl. The maximum absolute atomic E-state index is 13.3. The predicted octanol–water partition coefficient (Wildman–Crippen LogP) is 4.71. The first-order valence-electron chi connectivity index (χ1n) is 7.05. The van der Waals surface area contributed by atoms with Crippen LogP contribution in [0.3, 0.4) is 0 Å². The molecule has 0 saturated heterocycles. The molecule has 0 aliphatic carbocycles. The highest BCUT2D eigenvalue weighted by atomic mass is 35.5. The zero-order valence-corrected chi connectivity index (χ0v) is 13.8. The van der Waals surface area contributed by atoms with Gasteiger partial charge in [0.15, 0.2) is 0 Å². The second-order valence-corrected chi connectivity index (χ2v) is 5.16. The molecule has 3 rings (SSSR count). The second kappa shape index (κ2) is 7.11. The van der Waals surface area contributed by atoms with Crippen LogP contribution >= 0.6 is 12.4 Å². The van der Waals surface area contributed by atoms with Crippen LogP contribution in [0.5, 0.6) is 5.75 Å². The van der Waals surface area contributed by atoms with Crippen LogP contribution in [0.25, 0.3) is 22.0 Å². The van der Waals surface area contributed by atoms with Crippen molar-refractivity contribution in [3.63, 3.8) is 0 Å². The first-order valence-corrected chi connectivity index (χ1v) is 7.05.